The van der Waals surface area contributed by atoms with Gasteiger partial charge in [-0.05, 0) is 37.5 Å². The number of benzene rings is 1. The molecular weight excluding hydrogens is 210 g/mol. The van der Waals surface area contributed by atoms with Gasteiger partial charge in [-0.1, -0.05) is 18.2 Å². The lowest BCUT2D eigenvalue weighted by Crippen LogP contribution is -2.04. The van der Waals surface area contributed by atoms with Gasteiger partial charge in [-0.2, -0.15) is 0 Å². The molecule has 0 saturated heterocycles. The van der Waals surface area contributed by atoms with E-state index in [1.165, 1.54) is 22.4 Å². The molecule has 0 saturated carbocycles. The summed E-state index contributed by atoms with van der Waals surface area (Å²) in [5.41, 5.74) is 11.8. The van der Waals surface area contributed by atoms with Crippen molar-refractivity contribution in [1.29, 1.82) is 0 Å². The fourth-order valence-corrected chi connectivity index (χ4v) is 1.95. The molecule has 3 nitrogen and oxygen atoms in total. The number of rotatable bonds is 3. The van der Waals surface area contributed by atoms with Crippen molar-refractivity contribution >= 4 is 0 Å². The Bertz CT molecular complexity index is 526. The van der Waals surface area contributed by atoms with Crippen molar-refractivity contribution in [3.63, 3.8) is 0 Å². The molecule has 1 aromatic carbocycles. The highest BCUT2D eigenvalue weighted by atomic mass is 15.0. The van der Waals surface area contributed by atoms with Crippen molar-refractivity contribution in [3.05, 3.63) is 52.6 Å². The number of nitrogens with two attached hydrogens (primary N) is 1. The summed E-state index contributed by atoms with van der Waals surface area (Å²) in [5, 5.41) is 0. The fraction of sp³-hybridized carbons (Fsp3) is 0.357. The van der Waals surface area contributed by atoms with E-state index in [1.54, 1.807) is 0 Å². The van der Waals surface area contributed by atoms with Crippen molar-refractivity contribution in [2.45, 2.75) is 33.9 Å². The summed E-state index contributed by atoms with van der Waals surface area (Å²) in [6.07, 6.45) is 1.90. The van der Waals surface area contributed by atoms with Crippen molar-refractivity contribution in [1.82, 2.24) is 9.55 Å². The van der Waals surface area contributed by atoms with Crippen LogP contribution >= 0.6 is 0 Å². The zero-order chi connectivity index (χ0) is 12.4. The van der Waals surface area contributed by atoms with E-state index in [4.69, 9.17) is 5.73 Å². The molecule has 2 aromatic rings. The van der Waals surface area contributed by atoms with Gasteiger partial charge < -0.3 is 10.3 Å². The van der Waals surface area contributed by atoms with Gasteiger partial charge in [0.25, 0.3) is 0 Å². The minimum atomic E-state index is 0.602. The molecule has 0 amide bonds. The number of hydrogen-bond acceptors (Lipinski definition) is 2. The predicted octanol–water partition coefficient (Wildman–Crippen LogP) is 2.32. The molecule has 3 heteroatoms. The molecular formula is C14H19N3. The van der Waals surface area contributed by atoms with Crippen LogP contribution in [0.15, 0.2) is 24.5 Å². The first-order valence-corrected chi connectivity index (χ1v) is 5.88. The molecule has 2 N–H and O–H groups in total. The molecule has 17 heavy (non-hydrogen) atoms. The van der Waals surface area contributed by atoms with E-state index in [0.717, 1.165) is 12.2 Å². The van der Waals surface area contributed by atoms with Gasteiger partial charge in [0, 0.05) is 18.8 Å². The molecule has 0 unspecified atom stereocenters. The Morgan fingerprint density at radius 1 is 1.24 bits per heavy atom. The Hall–Kier alpha value is -1.61. The summed E-state index contributed by atoms with van der Waals surface area (Å²) in [7, 11) is 0. The van der Waals surface area contributed by atoms with E-state index >= 15 is 0 Å². The summed E-state index contributed by atoms with van der Waals surface area (Å²) in [6.45, 7) is 7.75. The second-order valence-corrected chi connectivity index (χ2v) is 4.51. The van der Waals surface area contributed by atoms with Gasteiger partial charge >= 0.3 is 0 Å². The van der Waals surface area contributed by atoms with Gasteiger partial charge in [0.2, 0.25) is 0 Å². The minimum Gasteiger partial charge on any atom is -0.330 e. The topological polar surface area (TPSA) is 43.8 Å². The van der Waals surface area contributed by atoms with Crippen molar-refractivity contribution < 1.29 is 0 Å². The lowest BCUT2D eigenvalue weighted by atomic mass is 10.0. The first-order chi connectivity index (χ1) is 8.11. The first-order valence-electron chi connectivity index (χ1n) is 5.88. The SMILES string of the molecule is Cc1cc(CN)ccc1Cn1cnc(C)c1C. The molecule has 0 aliphatic rings. The molecule has 90 valence electrons. The zero-order valence-electron chi connectivity index (χ0n) is 10.7. The van der Waals surface area contributed by atoms with Crippen LogP contribution in [0.25, 0.3) is 0 Å². The van der Waals surface area contributed by atoms with Crippen LogP contribution in [0, 0.1) is 20.8 Å². The standard InChI is InChI=1S/C14H19N3/c1-10-6-13(7-15)4-5-14(10)8-17-9-16-11(2)12(17)3/h4-6,9H,7-8,15H2,1-3H3. The highest BCUT2D eigenvalue weighted by molar-refractivity contribution is 5.31. The summed E-state index contributed by atoms with van der Waals surface area (Å²) in [6, 6.07) is 6.42. The van der Waals surface area contributed by atoms with Gasteiger partial charge in [0.05, 0.1) is 12.0 Å². The van der Waals surface area contributed by atoms with Gasteiger partial charge in [0.15, 0.2) is 0 Å². The summed E-state index contributed by atoms with van der Waals surface area (Å²) < 4.78 is 2.18. The van der Waals surface area contributed by atoms with Gasteiger partial charge in [-0.15, -0.1) is 0 Å². The monoisotopic (exact) mass is 229 g/mol. The van der Waals surface area contributed by atoms with Crippen LogP contribution in [0.3, 0.4) is 0 Å². The largest absolute Gasteiger partial charge is 0.330 e. The maximum atomic E-state index is 5.63. The van der Waals surface area contributed by atoms with Crippen LogP contribution in [0.5, 0.6) is 0 Å². The van der Waals surface area contributed by atoms with Crippen molar-refractivity contribution in [2.75, 3.05) is 0 Å². The van der Waals surface area contributed by atoms with E-state index in [0.29, 0.717) is 6.54 Å². The Morgan fingerprint density at radius 3 is 2.53 bits per heavy atom. The van der Waals surface area contributed by atoms with E-state index < -0.39 is 0 Å². The van der Waals surface area contributed by atoms with E-state index in [1.807, 2.05) is 13.3 Å². The van der Waals surface area contributed by atoms with Crippen LogP contribution in [0.2, 0.25) is 0 Å². The van der Waals surface area contributed by atoms with E-state index in [2.05, 4.69) is 41.6 Å². The number of aryl methyl sites for hydroxylation is 2. The fourth-order valence-electron chi connectivity index (χ4n) is 1.95. The molecule has 0 radical (unpaired) electrons. The summed E-state index contributed by atoms with van der Waals surface area (Å²) >= 11 is 0. The minimum absolute atomic E-state index is 0.602. The third kappa shape index (κ3) is 2.39. The lowest BCUT2D eigenvalue weighted by molar-refractivity contribution is 0.763. The van der Waals surface area contributed by atoms with Crippen molar-refractivity contribution in [2.24, 2.45) is 5.73 Å². The highest BCUT2D eigenvalue weighted by Gasteiger charge is 2.05. The average molecular weight is 229 g/mol. The normalized spacial score (nSPS) is 10.8. The Morgan fingerprint density at radius 2 is 2.00 bits per heavy atom. The highest BCUT2D eigenvalue weighted by Crippen LogP contribution is 2.14. The third-order valence-electron chi connectivity index (χ3n) is 3.33. The average Bonchev–Trinajstić information content (AvgIpc) is 2.63. The maximum Gasteiger partial charge on any atom is 0.0954 e. The smallest absolute Gasteiger partial charge is 0.0954 e. The summed E-state index contributed by atoms with van der Waals surface area (Å²) in [4.78, 5) is 4.32. The zero-order valence-corrected chi connectivity index (χ0v) is 10.7. The second-order valence-electron chi connectivity index (χ2n) is 4.51. The Kier molecular flexibility index (Phi) is 3.29. The molecule has 1 aromatic heterocycles. The first kappa shape index (κ1) is 11.9. The van der Waals surface area contributed by atoms with Crippen molar-refractivity contribution in [3.8, 4) is 0 Å². The summed E-state index contributed by atoms with van der Waals surface area (Å²) in [5.74, 6) is 0. The number of imidazole rings is 1. The van der Waals surface area contributed by atoms with Gasteiger partial charge in [-0.25, -0.2) is 4.98 Å². The van der Waals surface area contributed by atoms with Crippen LogP contribution < -0.4 is 5.73 Å². The van der Waals surface area contributed by atoms with Gasteiger partial charge in [0.1, 0.15) is 0 Å². The Balaban J connectivity index is 2.27. The lowest BCUT2D eigenvalue weighted by Gasteiger charge is -2.10. The predicted molar refractivity (Wildman–Crippen MR) is 69.9 cm³/mol. The number of aromatic nitrogens is 2. The number of hydrogen-bond donors (Lipinski definition) is 1. The molecule has 2 rings (SSSR count). The molecule has 0 aliphatic carbocycles. The van der Waals surface area contributed by atoms with Crippen LogP contribution in [-0.2, 0) is 13.1 Å². The second kappa shape index (κ2) is 4.72. The van der Waals surface area contributed by atoms with Gasteiger partial charge in [-0.3, -0.25) is 0 Å². The van der Waals surface area contributed by atoms with E-state index in [9.17, 15) is 0 Å². The number of nitrogens with zero attached hydrogens (tertiary/aromatic N) is 2. The van der Waals surface area contributed by atoms with Crippen LogP contribution in [0.4, 0.5) is 0 Å². The third-order valence-corrected chi connectivity index (χ3v) is 3.33. The maximum absolute atomic E-state index is 5.63. The van der Waals surface area contributed by atoms with E-state index in [-0.39, 0.29) is 0 Å². The molecule has 0 aliphatic heterocycles. The Labute approximate surface area is 102 Å². The molecule has 0 spiro atoms. The quantitative estimate of drug-likeness (QED) is 0.877. The van der Waals surface area contributed by atoms with Crippen LogP contribution in [0.1, 0.15) is 28.1 Å². The van der Waals surface area contributed by atoms with Crippen LogP contribution in [-0.4, -0.2) is 9.55 Å². The molecule has 0 atom stereocenters. The molecule has 1 heterocycles. The molecule has 0 bridgehead atoms. The molecule has 0 fully saturated rings.